The van der Waals surface area contributed by atoms with Crippen LogP contribution in [-0.4, -0.2) is 34.9 Å². The van der Waals surface area contributed by atoms with E-state index in [4.69, 9.17) is 10.8 Å². The minimum atomic E-state index is -4.97. The fourth-order valence-corrected chi connectivity index (χ4v) is 1.72. The third-order valence-electron chi connectivity index (χ3n) is 3.10. The molecule has 0 spiro atoms. The van der Waals surface area contributed by atoms with E-state index in [-0.39, 0.29) is 12.1 Å². The zero-order chi connectivity index (χ0) is 13.3. The fraction of sp³-hybridized carbons (Fsp3) is 0.900. The first kappa shape index (κ1) is 14.2. The molecule has 0 radical (unpaired) electrons. The summed E-state index contributed by atoms with van der Waals surface area (Å²) in [6, 6.07) is -0.289. The van der Waals surface area contributed by atoms with E-state index < -0.39 is 17.7 Å². The van der Waals surface area contributed by atoms with Gasteiger partial charge < -0.3 is 16.2 Å². The quantitative estimate of drug-likeness (QED) is 0.678. The summed E-state index contributed by atoms with van der Waals surface area (Å²) in [5.74, 6) is -1.40. The Kier molecular flexibility index (Phi) is 4.03. The van der Waals surface area contributed by atoms with Crippen molar-refractivity contribution in [3.63, 3.8) is 0 Å². The fourth-order valence-electron chi connectivity index (χ4n) is 1.72. The molecule has 1 aliphatic carbocycles. The number of halogens is 3. The number of amides is 1. The second-order valence-electron chi connectivity index (χ2n) is 4.66. The molecule has 100 valence electrons. The minimum Gasteiger partial charge on any atom is -0.373 e. The third-order valence-corrected chi connectivity index (χ3v) is 3.10. The Morgan fingerprint density at radius 1 is 1.29 bits per heavy atom. The second-order valence-corrected chi connectivity index (χ2v) is 4.66. The van der Waals surface area contributed by atoms with Gasteiger partial charge in [-0.2, -0.15) is 13.2 Å². The van der Waals surface area contributed by atoms with Gasteiger partial charge in [0.1, 0.15) is 0 Å². The van der Waals surface area contributed by atoms with E-state index in [2.05, 4.69) is 5.32 Å². The summed E-state index contributed by atoms with van der Waals surface area (Å²) >= 11 is 0. The predicted molar refractivity (Wildman–Crippen MR) is 55.1 cm³/mol. The molecular formula is C10H17F3N2O2. The Hall–Kier alpha value is -0.820. The van der Waals surface area contributed by atoms with E-state index in [0.29, 0.717) is 32.6 Å². The van der Waals surface area contributed by atoms with Gasteiger partial charge in [0, 0.05) is 12.1 Å². The summed E-state index contributed by atoms with van der Waals surface area (Å²) < 4.78 is 37.1. The molecule has 1 atom stereocenters. The van der Waals surface area contributed by atoms with Crippen LogP contribution in [0.3, 0.4) is 0 Å². The first-order valence-corrected chi connectivity index (χ1v) is 5.50. The van der Waals surface area contributed by atoms with Crippen LogP contribution in [0, 0.1) is 0 Å². The molecule has 1 unspecified atom stereocenters. The largest absolute Gasteiger partial charge is 0.426 e. The highest BCUT2D eigenvalue weighted by Gasteiger charge is 2.56. The molecular weight excluding hydrogens is 237 g/mol. The first-order valence-electron chi connectivity index (χ1n) is 5.50. The van der Waals surface area contributed by atoms with E-state index >= 15 is 0 Å². The van der Waals surface area contributed by atoms with Crippen LogP contribution in [-0.2, 0) is 4.79 Å². The van der Waals surface area contributed by atoms with E-state index in [0.717, 1.165) is 0 Å². The van der Waals surface area contributed by atoms with Gasteiger partial charge >= 0.3 is 6.18 Å². The number of rotatable bonds is 2. The zero-order valence-corrected chi connectivity index (χ0v) is 9.55. The maximum Gasteiger partial charge on any atom is 0.426 e. The maximum atomic E-state index is 12.4. The molecule has 1 rings (SSSR count). The van der Waals surface area contributed by atoms with Crippen molar-refractivity contribution in [2.75, 3.05) is 0 Å². The van der Waals surface area contributed by atoms with E-state index in [9.17, 15) is 18.0 Å². The Balaban J connectivity index is 2.55. The van der Waals surface area contributed by atoms with Gasteiger partial charge in [-0.05, 0) is 32.6 Å². The molecule has 7 heteroatoms. The first-order chi connectivity index (χ1) is 7.64. The molecule has 4 nitrogen and oxygen atoms in total. The molecule has 17 heavy (non-hydrogen) atoms. The number of hydrogen-bond donors (Lipinski definition) is 3. The van der Waals surface area contributed by atoms with Gasteiger partial charge in [-0.15, -0.1) is 0 Å². The number of aliphatic hydroxyl groups is 1. The van der Waals surface area contributed by atoms with Crippen molar-refractivity contribution in [1.29, 1.82) is 0 Å². The van der Waals surface area contributed by atoms with Crippen LogP contribution in [0.25, 0.3) is 0 Å². The minimum absolute atomic E-state index is 0.0475. The highest BCUT2D eigenvalue weighted by atomic mass is 19.4. The van der Waals surface area contributed by atoms with Crippen molar-refractivity contribution in [1.82, 2.24) is 5.32 Å². The van der Waals surface area contributed by atoms with Gasteiger partial charge in [-0.3, -0.25) is 4.79 Å². The number of hydrogen-bond acceptors (Lipinski definition) is 3. The van der Waals surface area contributed by atoms with Crippen LogP contribution in [0.2, 0.25) is 0 Å². The molecule has 0 aromatic carbocycles. The number of carbonyl (C=O) groups excluding carboxylic acids is 1. The van der Waals surface area contributed by atoms with Gasteiger partial charge in [0.15, 0.2) is 0 Å². The maximum absolute atomic E-state index is 12.4. The number of nitrogens with two attached hydrogens (primary N) is 1. The Bertz CT molecular complexity index is 284. The van der Waals surface area contributed by atoms with Gasteiger partial charge in [-0.25, -0.2) is 0 Å². The van der Waals surface area contributed by atoms with Gasteiger partial charge in [0.2, 0.25) is 5.60 Å². The molecule has 0 aromatic rings. The lowest BCUT2D eigenvalue weighted by atomic mass is 9.91. The van der Waals surface area contributed by atoms with Crippen LogP contribution >= 0.6 is 0 Å². The summed E-state index contributed by atoms with van der Waals surface area (Å²) in [7, 11) is 0. The molecule has 0 heterocycles. The lowest BCUT2D eigenvalue weighted by Crippen LogP contribution is -2.57. The number of nitrogens with one attached hydrogen (secondary N) is 1. The summed E-state index contributed by atoms with van der Waals surface area (Å²) in [4.78, 5) is 11.3. The van der Waals surface area contributed by atoms with Gasteiger partial charge in [0.25, 0.3) is 5.91 Å². The van der Waals surface area contributed by atoms with Crippen molar-refractivity contribution in [3.8, 4) is 0 Å². The highest BCUT2D eigenvalue weighted by Crippen LogP contribution is 2.30. The number of carbonyl (C=O) groups is 1. The highest BCUT2D eigenvalue weighted by molar-refractivity contribution is 5.85. The summed E-state index contributed by atoms with van der Waals surface area (Å²) in [6.07, 6.45) is -2.55. The molecule has 0 aromatic heterocycles. The smallest absolute Gasteiger partial charge is 0.373 e. The van der Waals surface area contributed by atoms with Crippen LogP contribution < -0.4 is 11.1 Å². The second kappa shape index (κ2) is 4.81. The van der Waals surface area contributed by atoms with Crippen molar-refractivity contribution < 1.29 is 23.1 Å². The molecule has 0 saturated heterocycles. The van der Waals surface area contributed by atoms with Crippen molar-refractivity contribution in [2.45, 2.75) is 56.5 Å². The van der Waals surface area contributed by atoms with Gasteiger partial charge in [-0.1, -0.05) is 0 Å². The third kappa shape index (κ3) is 3.32. The van der Waals surface area contributed by atoms with Crippen molar-refractivity contribution >= 4 is 5.91 Å². The van der Waals surface area contributed by atoms with Crippen LogP contribution in [0.15, 0.2) is 0 Å². The van der Waals surface area contributed by atoms with E-state index in [1.165, 1.54) is 0 Å². The summed E-state index contributed by atoms with van der Waals surface area (Å²) in [5, 5.41) is 11.4. The Morgan fingerprint density at radius 3 is 2.18 bits per heavy atom. The molecule has 0 aliphatic heterocycles. The number of alkyl halides is 3. The van der Waals surface area contributed by atoms with Gasteiger partial charge in [0.05, 0.1) is 0 Å². The SMILES string of the molecule is CC(O)(C(=O)N[C@H]1CC[C@H](N)CC1)C(F)(F)F. The molecule has 1 saturated carbocycles. The predicted octanol–water partition coefficient (Wildman–Crippen LogP) is 0.686. The molecule has 4 N–H and O–H groups in total. The van der Waals surface area contributed by atoms with E-state index in [1.54, 1.807) is 0 Å². The lowest BCUT2D eigenvalue weighted by molar-refractivity contribution is -0.245. The average molecular weight is 254 g/mol. The summed E-state index contributed by atoms with van der Waals surface area (Å²) in [5.41, 5.74) is 2.30. The lowest BCUT2D eigenvalue weighted by Gasteiger charge is -2.31. The van der Waals surface area contributed by atoms with Crippen molar-refractivity contribution in [3.05, 3.63) is 0 Å². The normalized spacial score (nSPS) is 29.5. The van der Waals surface area contributed by atoms with Crippen LogP contribution in [0.1, 0.15) is 32.6 Å². The standard InChI is InChI=1S/C10H17F3N2O2/c1-9(17,10(11,12)13)8(16)15-7-4-2-6(14)3-5-7/h6-7,17H,2-5,14H2,1H3,(H,15,16)/t6-,7-,9?. The van der Waals surface area contributed by atoms with Crippen LogP contribution in [0.4, 0.5) is 13.2 Å². The Labute approximate surface area is 97.4 Å². The van der Waals surface area contributed by atoms with E-state index in [1.807, 2.05) is 0 Å². The topological polar surface area (TPSA) is 75.3 Å². The molecule has 1 fully saturated rings. The zero-order valence-electron chi connectivity index (χ0n) is 9.55. The molecule has 1 amide bonds. The van der Waals surface area contributed by atoms with Crippen LogP contribution in [0.5, 0.6) is 0 Å². The summed E-state index contributed by atoms with van der Waals surface area (Å²) in [6.45, 7) is 0.455. The molecule has 1 aliphatic rings. The average Bonchev–Trinajstić information content (AvgIpc) is 2.19. The monoisotopic (exact) mass is 254 g/mol. The van der Waals surface area contributed by atoms with Crippen molar-refractivity contribution in [2.24, 2.45) is 5.73 Å². The Morgan fingerprint density at radius 2 is 1.76 bits per heavy atom. The molecule has 0 bridgehead atoms.